The van der Waals surface area contributed by atoms with Gasteiger partial charge in [0.15, 0.2) is 0 Å². The monoisotopic (exact) mass is 509 g/mol. The Kier molecular flexibility index (Phi) is 7.55. The number of piperazine rings is 1. The number of hydrogen-bond acceptors (Lipinski definition) is 7. The Balaban J connectivity index is 1.59. The van der Waals surface area contributed by atoms with Crippen LogP contribution in [0.3, 0.4) is 0 Å². The number of urea groups is 1. The SMILES string of the molecule is O=C1C(=Cc2cc([N+](=O)[O-])ccc2N2CCNCC2)C(=O)N(C2CCCCC2)C(=O)N1C1CCCCC1. The van der Waals surface area contributed by atoms with Gasteiger partial charge in [-0.3, -0.25) is 29.5 Å². The van der Waals surface area contributed by atoms with E-state index in [2.05, 4.69) is 10.2 Å². The maximum Gasteiger partial charge on any atom is 0.334 e. The molecule has 10 heteroatoms. The normalized spacial score (nSPS) is 22.5. The predicted molar refractivity (Wildman–Crippen MR) is 139 cm³/mol. The molecule has 4 amide bonds. The van der Waals surface area contributed by atoms with E-state index in [4.69, 9.17) is 0 Å². The fourth-order valence-corrected chi connectivity index (χ4v) is 6.21. The first kappa shape index (κ1) is 25.4. The molecule has 2 heterocycles. The van der Waals surface area contributed by atoms with Crippen molar-refractivity contribution < 1.29 is 19.3 Å². The maximum atomic E-state index is 13.8. The molecule has 1 N–H and O–H groups in total. The van der Waals surface area contributed by atoms with Crippen LogP contribution in [0.2, 0.25) is 0 Å². The third-order valence-electron chi connectivity index (χ3n) is 8.17. The third kappa shape index (κ3) is 5.12. The number of amides is 4. The van der Waals surface area contributed by atoms with E-state index in [-0.39, 0.29) is 23.3 Å². The average Bonchev–Trinajstić information content (AvgIpc) is 2.92. The zero-order valence-corrected chi connectivity index (χ0v) is 21.2. The van der Waals surface area contributed by atoms with Gasteiger partial charge >= 0.3 is 6.03 Å². The molecule has 0 bridgehead atoms. The van der Waals surface area contributed by atoms with Crippen molar-refractivity contribution in [3.05, 3.63) is 39.4 Å². The summed E-state index contributed by atoms with van der Waals surface area (Å²) in [6.07, 6.45) is 10.3. The summed E-state index contributed by atoms with van der Waals surface area (Å²) in [6, 6.07) is 3.62. The maximum absolute atomic E-state index is 13.8. The molecule has 37 heavy (non-hydrogen) atoms. The van der Waals surface area contributed by atoms with E-state index < -0.39 is 22.8 Å². The topological polar surface area (TPSA) is 116 Å². The number of imide groups is 2. The molecule has 4 aliphatic rings. The Hall–Kier alpha value is -3.27. The number of nitro groups is 1. The van der Waals surface area contributed by atoms with Crippen LogP contribution in [0.25, 0.3) is 6.08 Å². The number of nitro benzene ring substituents is 1. The van der Waals surface area contributed by atoms with Crippen LogP contribution in [0.1, 0.15) is 69.8 Å². The number of non-ortho nitro benzene ring substituents is 1. The van der Waals surface area contributed by atoms with Gasteiger partial charge < -0.3 is 10.2 Å². The molecule has 1 aromatic carbocycles. The molecule has 198 valence electrons. The molecule has 5 rings (SSSR count). The number of rotatable bonds is 5. The number of nitrogens with one attached hydrogen (secondary N) is 1. The Morgan fingerprint density at radius 3 is 1.89 bits per heavy atom. The Bertz CT molecular complexity index is 1060. The number of nitrogens with zero attached hydrogens (tertiary/aromatic N) is 4. The summed E-state index contributed by atoms with van der Waals surface area (Å²) in [7, 11) is 0. The summed E-state index contributed by atoms with van der Waals surface area (Å²) in [5.41, 5.74) is 1.01. The van der Waals surface area contributed by atoms with Crippen molar-refractivity contribution in [1.82, 2.24) is 15.1 Å². The molecule has 2 aliphatic heterocycles. The lowest BCUT2D eigenvalue weighted by atomic mass is 9.90. The molecule has 2 aliphatic carbocycles. The number of hydrogen-bond donors (Lipinski definition) is 1. The molecule has 0 atom stereocenters. The average molecular weight is 510 g/mol. The predicted octanol–water partition coefficient (Wildman–Crippen LogP) is 3.84. The minimum Gasteiger partial charge on any atom is -0.368 e. The highest BCUT2D eigenvalue weighted by atomic mass is 16.6. The van der Waals surface area contributed by atoms with Gasteiger partial charge in [0.2, 0.25) is 0 Å². The largest absolute Gasteiger partial charge is 0.368 e. The van der Waals surface area contributed by atoms with E-state index in [9.17, 15) is 24.5 Å². The molecule has 10 nitrogen and oxygen atoms in total. The zero-order valence-electron chi connectivity index (χ0n) is 21.2. The van der Waals surface area contributed by atoms with Crippen LogP contribution >= 0.6 is 0 Å². The summed E-state index contributed by atoms with van der Waals surface area (Å²) in [5, 5.41) is 14.9. The third-order valence-corrected chi connectivity index (χ3v) is 8.17. The highest BCUT2D eigenvalue weighted by molar-refractivity contribution is 6.31. The Morgan fingerprint density at radius 1 is 0.838 bits per heavy atom. The number of barbiturate groups is 1. The lowest BCUT2D eigenvalue weighted by Gasteiger charge is -2.43. The van der Waals surface area contributed by atoms with Crippen LogP contribution in [0, 0.1) is 10.1 Å². The quantitative estimate of drug-likeness (QED) is 0.277. The molecular formula is C27H35N5O5. The summed E-state index contributed by atoms with van der Waals surface area (Å²) in [5.74, 6) is -1.15. The second-order valence-corrected chi connectivity index (χ2v) is 10.5. The second-order valence-electron chi connectivity index (χ2n) is 10.5. The van der Waals surface area contributed by atoms with Gasteiger partial charge in [-0.05, 0) is 37.8 Å². The molecule has 0 radical (unpaired) electrons. The Labute approximate surface area is 216 Å². The van der Waals surface area contributed by atoms with Crippen molar-refractivity contribution in [2.75, 3.05) is 31.1 Å². The first-order valence-electron chi connectivity index (χ1n) is 13.6. The number of carbonyl (C=O) groups excluding carboxylic acids is 3. The minimum atomic E-state index is -0.577. The van der Waals surface area contributed by atoms with Crippen LogP contribution in [0.5, 0.6) is 0 Å². The van der Waals surface area contributed by atoms with E-state index in [1.807, 2.05) is 0 Å². The van der Waals surface area contributed by atoms with Crippen molar-refractivity contribution in [2.24, 2.45) is 0 Å². The Morgan fingerprint density at radius 2 is 1.38 bits per heavy atom. The first-order valence-corrected chi connectivity index (χ1v) is 13.6. The fourth-order valence-electron chi connectivity index (χ4n) is 6.21. The van der Waals surface area contributed by atoms with E-state index in [1.165, 1.54) is 28.0 Å². The van der Waals surface area contributed by atoms with Crippen molar-refractivity contribution in [1.29, 1.82) is 0 Å². The zero-order chi connectivity index (χ0) is 25.9. The van der Waals surface area contributed by atoms with Gasteiger partial charge in [-0.1, -0.05) is 38.5 Å². The standard InChI is InChI=1S/C27H35N5O5/c33-25-23(18-19-17-22(32(36)37)11-12-24(19)29-15-13-28-14-16-29)26(34)31(21-9-5-2-6-10-21)27(35)30(25)20-7-3-1-4-8-20/h11-12,17-18,20-21,28H,1-10,13-16H2. The molecular weight excluding hydrogens is 474 g/mol. The van der Waals surface area contributed by atoms with Gasteiger partial charge in [-0.25, -0.2) is 4.79 Å². The molecule has 0 spiro atoms. The summed E-state index contributed by atoms with van der Waals surface area (Å²) < 4.78 is 0. The summed E-state index contributed by atoms with van der Waals surface area (Å²) >= 11 is 0. The molecule has 2 saturated carbocycles. The molecule has 0 unspecified atom stereocenters. The number of benzene rings is 1. The van der Waals surface area contributed by atoms with E-state index in [1.54, 1.807) is 6.07 Å². The van der Waals surface area contributed by atoms with Gasteiger partial charge in [0.25, 0.3) is 17.5 Å². The number of anilines is 1. The lowest BCUT2D eigenvalue weighted by Crippen LogP contribution is -2.62. The van der Waals surface area contributed by atoms with Crippen LogP contribution in [-0.2, 0) is 9.59 Å². The van der Waals surface area contributed by atoms with Crippen molar-refractivity contribution >= 4 is 35.3 Å². The van der Waals surface area contributed by atoms with Crippen LogP contribution in [0.15, 0.2) is 23.8 Å². The number of carbonyl (C=O) groups is 3. The van der Waals surface area contributed by atoms with E-state index in [0.29, 0.717) is 18.7 Å². The van der Waals surface area contributed by atoms with Crippen molar-refractivity contribution in [3.8, 4) is 0 Å². The summed E-state index contributed by atoms with van der Waals surface area (Å²) in [4.78, 5) is 57.2. The van der Waals surface area contributed by atoms with Gasteiger partial charge in [-0.2, -0.15) is 0 Å². The molecule has 0 aromatic heterocycles. The van der Waals surface area contributed by atoms with Crippen LogP contribution < -0.4 is 10.2 Å². The van der Waals surface area contributed by atoms with Crippen molar-refractivity contribution in [3.63, 3.8) is 0 Å². The first-order chi connectivity index (χ1) is 18.0. The molecule has 2 saturated heterocycles. The highest BCUT2D eigenvalue weighted by Gasteiger charge is 2.47. The van der Waals surface area contributed by atoms with Crippen LogP contribution in [-0.4, -0.2) is 70.8 Å². The van der Waals surface area contributed by atoms with Gasteiger partial charge in [0, 0.05) is 61.6 Å². The van der Waals surface area contributed by atoms with Gasteiger partial charge in [0.05, 0.1) is 4.92 Å². The minimum absolute atomic E-state index is 0.0763. The van der Waals surface area contributed by atoms with E-state index >= 15 is 0 Å². The van der Waals surface area contributed by atoms with Crippen LogP contribution in [0.4, 0.5) is 16.2 Å². The van der Waals surface area contributed by atoms with Gasteiger partial charge in [-0.15, -0.1) is 0 Å². The molecule has 4 fully saturated rings. The second kappa shape index (κ2) is 11.0. The summed E-state index contributed by atoms with van der Waals surface area (Å²) in [6.45, 7) is 2.95. The van der Waals surface area contributed by atoms with Gasteiger partial charge in [0.1, 0.15) is 5.57 Å². The highest BCUT2D eigenvalue weighted by Crippen LogP contribution is 2.35. The van der Waals surface area contributed by atoms with E-state index in [0.717, 1.165) is 83.0 Å². The smallest absolute Gasteiger partial charge is 0.334 e. The lowest BCUT2D eigenvalue weighted by molar-refractivity contribution is -0.384. The fraction of sp³-hybridized carbons (Fsp3) is 0.593. The van der Waals surface area contributed by atoms with Crippen molar-refractivity contribution in [2.45, 2.75) is 76.3 Å². The molecule has 1 aromatic rings.